The highest BCUT2D eigenvalue weighted by Gasteiger charge is 2.26. The van der Waals surface area contributed by atoms with E-state index in [0.29, 0.717) is 53.3 Å². The normalized spacial score (nSPS) is 15.4. The number of hydrogen-bond acceptors (Lipinski definition) is 7. The van der Waals surface area contributed by atoms with Gasteiger partial charge in [0.1, 0.15) is 17.1 Å². The number of piperidine rings is 1. The Morgan fingerprint density at radius 1 is 1.21 bits per heavy atom. The first-order valence-corrected chi connectivity index (χ1v) is 13.1. The van der Waals surface area contributed by atoms with E-state index in [4.69, 9.17) is 9.72 Å². The standard InChI is InChI=1S/C23H32N6O4S/c1-6-33-17-12-15(4)18(34(31,32)27-29-10-8-7-9-11-29)13-16(17)22-24-20-19(14(2)3)26-28(5)21(20)23(30)25-22/h12-14,27H,6-11H2,1-5H3,(H,24,25,30). The number of ether oxygens (including phenoxy) is 1. The molecule has 0 unspecified atom stereocenters. The predicted molar refractivity (Wildman–Crippen MR) is 130 cm³/mol. The Balaban J connectivity index is 1.88. The van der Waals surface area contributed by atoms with Gasteiger partial charge < -0.3 is 9.72 Å². The minimum atomic E-state index is -3.84. The van der Waals surface area contributed by atoms with E-state index in [0.717, 1.165) is 19.3 Å². The number of hydrogen-bond donors (Lipinski definition) is 2. The van der Waals surface area contributed by atoms with Gasteiger partial charge in [-0.3, -0.25) is 9.48 Å². The van der Waals surface area contributed by atoms with Crippen LogP contribution < -0.4 is 15.1 Å². The van der Waals surface area contributed by atoms with Crippen molar-refractivity contribution in [3.05, 3.63) is 33.7 Å². The summed E-state index contributed by atoms with van der Waals surface area (Å²) in [4.78, 5) is 23.3. The SMILES string of the molecule is CCOc1cc(C)c(S(=O)(=O)NN2CCCCC2)cc1-c1nc2c(C(C)C)nn(C)c2c(=O)[nH]1. The molecule has 2 N–H and O–H groups in total. The maximum Gasteiger partial charge on any atom is 0.277 e. The number of benzene rings is 1. The minimum absolute atomic E-state index is 0.0555. The highest BCUT2D eigenvalue weighted by atomic mass is 32.2. The molecule has 0 aliphatic carbocycles. The monoisotopic (exact) mass is 488 g/mol. The van der Waals surface area contributed by atoms with E-state index in [-0.39, 0.29) is 22.2 Å². The first kappa shape index (κ1) is 24.4. The summed E-state index contributed by atoms with van der Waals surface area (Å²) in [6.07, 6.45) is 2.99. The Bertz CT molecular complexity index is 1370. The average molecular weight is 489 g/mol. The molecule has 1 aliphatic rings. The molecule has 1 aromatic carbocycles. The van der Waals surface area contributed by atoms with Gasteiger partial charge in [0.2, 0.25) is 0 Å². The van der Waals surface area contributed by atoms with E-state index in [1.807, 2.05) is 20.8 Å². The van der Waals surface area contributed by atoms with Gasteiger partial charge in [0, 0.05) is 20.1 Å². The largest absolute Gasteiger partial charge is 0.493 e. The van der Waals surface area contributed by atoms with E-state index < -0.39 is 10.0 Å². The maximum absolute atomic E-state index is 13.3. The van der Waals surface area contributed by atoms with E-state index >= 15 is 0 Å². The lowest BCUT2D eigenvalue weighted by atomic mass is 10.1. The molecule has 0 saturated carbocycles. The third-order valence-electron chi connectivity index (χ3n) is 5.99. The molecule has 3 aromatic rings. The van der Waals surface area contributed by atoms with E-state index in [9.17, 15) is 13.2 Å². The summed E-state index contributed by atoms with van der Waals surface area (Å²) in [7, 11) is -2.13. The Kier molecular flexibility index (Phi) is 6.79. The summed E-state index contributed by atoms with van der Waals surface area (Å²) in [6.45, 7) is 9.27. The summed E-state index contributed by atoms with van der Waals surface area (Å²) in [5.41, 5.74) is 2.18. The van der Waals surface area contributed by atoms with Gasteiger partial charge >= 0.3 is 0 Å². The lowest BCUT2D eigenvalue weighted by Crippen LogP contribution is -2.45. The van der Waals surface area contributed by atoms with Gasteiger partial charge in [-0.2, -0.15) is 5.10 Å². The van der Waals surface area contributed by atoms with Crippen LogP contribution in [0.25, 0.3) is 22.4 Å². The third-order valence-corrected chi connectivity index (χ3v) is 7.51. The van der Waals surface area contributed by atoms with Crippen molar-refractivity contribution in [3.63, 3.8) is 0 Å². The highest BCUT2D eigenvalue weighted by molar-refractivity contribution is 7.89. The van der Waals surface area contributed by atoms with Crippen molar-refractivity contribution in [1.82, 2.24) is 29.6 Å². The molecule has 0 bridgehead atoms. The molecule has 11 heteroatoms. The van der Waals surface area contributed by atoms with Crippen molar-refractivity contribution in [2.45, 2.75) is 57.8 Å². The van der Waals surface area contributed by atoms with Crippen LogP contribution in [0.3, 0.4) is 0 Å². The quantitative estimate of drug-likeness (QED) is 0.524. The molecule has 3 heterocycles. The molecule has 184 valence electrons. The minimum Gasteiger partial charge on any atom is -0.493 e. The van der Waals surface area contributed by atoms with Crippen molar-refractivity contribution in [2.75, 3.05) is 19.7 Å². The van der Waals surface area contributed by atoms with Gasteiger partial charge in [-0.1, -0.05) is 20.3 Å². The van der Waals surface area contributed by atoms with Crippen LogP contribution in [0.4, 0.5) is 0 Å². The number of nitrogens with zero attached hydrogens (tertiary/aromatic N) is 4. The first-order valence-electron chi connectivity index (χ1n) is 11.6. The molecule has 1 aliphatic heterocycles. The maximum atomic E-state index is 13.3. The van der Waals surface area contributed by atoms with Gasteiger partial charge in [-0.05, 0) is 50.3 Å². The number of H-pyrrole nitrogens is 1. The molecule has 2 aromatic heterocycles. The Hall–Kier alpha value is -2.76. The van der Waals surface area contributed by atoms with Crippen LogP contribution in [0, 0.1) is 6.92 Å². The Morgan fingerprint density at radius 2 is 1.91 bits per heavy atom. The number of nitrogens with one attached hydrogen (secondary N) is 2. The zero-order chi connectivity index (χ0) is 24.6. The number of rotatable bonds is 7. The Morgan fingerprint density at radius 3 is 2.56 bits per heavy atom. The van der Waals surface area contributed by atoms with Gasteiger partial charge in [0.25, 0.3) is 15.6 Å². The third kappa shape index (κ3) is 4.59. The number of fused-ring (bicyclic) bond motifs is 1. The molecule has 34 heavy (non-hydrogen) atoms. The average Bonchev–Trinajstić information content (AvgIpc) is 3.11. The van der Waals surface area contributed by atoms with E-state index in [1.165, 1.54) is 10.7 Å². The molecule has 0 amide bonds. The zero-order valence-corrected chi connectivity index (χ0v) is 21.1. The summed E-state index contributed by atoms with van der Waals surface area (Å²) >= 11 is 0. The van der Waals surface area contributed by atoms with Crippen molar-refractivity contribution in [3.8, 4) is 17.1 Å². The fourth-order valence-corrected chi connectivity index (χ4v) is 5.71. The molecule has 4 rings (SSSR count). The smallest absolute Gasteiger partial charge is 0.277 e. The van der Waals surface area contributed by atoms with Gasteiger partial charge in [-0.15, -0.1) is 4.83 Å². The molecule has 1 saturated heterocycles. The van der Waals surface area contributed by atoms with Crippen LogP contribution >= 0.6 is 0 Å². The van der Waals surface area contributed by atoms with Crippen LogP contribution in [0.15, 0.2) is 21.8 Å². The zero-order valence-electron chi connectivity index (χ0n) is 20.3. The highest BCUT2D eigenvalue weighted by Crippen LogP contribution is 2.34. The second-order valence-corrected chi connectivity index (χ2v) is 10.6. The Labute approximate surface area is 199 Å². The van der Waals surface area contributed by atoms with Gasteiger partial charge in [0.05, 0.1) is 22.8 Å². The van der Waals surface area contributed by atoms with E-state index in [1.54, 1.807) is 25.0 Å². The topological polar surface area (TPSA) is 122 Å². The fourth-order valence-electron chi connectivity index (χ4n) is 4.34. The lowest BCUT2D eigenvalue weighted by molar-refractivity contribution is 0.200. The van der Waals surface area contributed by atoms with Crippen LogP contribution in [0.2, 0.25) is 0 Å². The van der Waals surface area contributed by atoms with Crippen LogP contribution in [-0.2, 0) is 17.1 Å². The summed E-state index contributed by atoms with van der Waals surface area (Å²) in [6, 6.07) is 3.21. The molecule has 0 atom stereocenters. The second-order valence-electron chi connectivity index (χ2n) is 8.96. The van der Waals surface area contributed by atoms with Crippen molar-refractivity contribution in [1.29, 1.82) is 0 Å². The van der Waals surface area contributed by atoms with E-state index in [2.05, 4.69) is 14.9 Å². The molecule has 10 nitrogen and oxygen atoms in total. The summed E-state index contributed by atoms with van der Waals surface area (Å²) < 4.78 is 33.9. The summed E-state index contributed by atoms with van der Waals surface area (Å²) in [5, 5.41) is 6.21. The number of sulfonamides is 1. The number of aromatic amines is 1. The van der Waals surface area contributed by atoms with Crippen LogP contribution in [0.5, 0.6) is 5.75 Å². The van der Waals surface area contributed by atoms with Crippen LogP contribution in [-0.4, -0.2) is 52.9 Å². The first-order chi connectivity index (χ1) is 16.1. The van der Waals surface area contributed by atoms with Gasteiger partial charge in [0.15, 0.2) is 5.52 Å². The van der Waals surface area contributed by atoms with Gasteiger partial charge in [-0.25, -0.2) is 18.4 Å². The second kappa shape index (κ2) is 9.47. The molecular formula is C23H32N6O4S. The fraction of sp³-hybridized carbons (Fsp3) is 0.522. The number of hydrazine groups is 1. The number of aromatic nitrogens is 4. The lowest BCUT2D eigenvalue weighted by Gasteiger charge is -2.27. The summed E-state index contributed by atoms with van der Waals surface area (Å²) in [5.74, 6) is 0.750. The molecule has 0 radical (unpaired) electrons. The number of aryl methyl sites for hydroxylation is 2. The molecule has 1 fully saturated rings. The molecule has 0 spiro atoms. The predicted octanol–water partition coefficient (Wildman–Crippen LogP) is 2.83. The molecular weight excluding hydrogens is 456 g/mol. The van der Waals surface area contributed by atoms with Crippen molar-refractivity contribution < 1.29 is 13.2 Å². The van der Waals surface area contributed by atoms with Crippen molar-refractivity contribution in [2.24, 2.45) is 7.05 Å². The van der Waals surface area contributed by atoms with Crippen molar-refractivity contribution >= 4 is 21.1 Å². The van der Waals surface area contributed by atoms with Crippen LogP contribution in [0.1, 0.15) is 57.2 Å².